The van der Waals surface area contributed by atoms with E-state index in [0.717, 1.165) is 40.8 Å². The molecule has 0 fully saturated rings. The van der Waals surface area contributed by atoms with Gasteiger partial charge in [-0.05, 0) is 77.4 Å². The second-order valence-corrected chi connectivity index (χ2v) is 10.8. The fraction of sp³-hybridized carbons (Fsp3) is 0.417. The topological polar surface area (TPSA) is 38.1 Å². The number of carbonyl (C=O) groups excluding carboxylic acids is 1. The first kappa shape index (κ1) is 21.3. The van der Waals surface area contributed by atoms with Crippen molar-refractivity contribution in [2.24, 2.45) is 0 Å². The molecule has 0 aliphatic heterocycles. The third-order valence-corrected chi connectivity index (χ3v) is 7.58. The number of fused-ring (bicyclic) bond motifs is 1. The first-order valence-electron chi connectivity index (χ1n) is 10.7. The molecule has 0 saturated heterocycles. The molecule has 0 N–H and O–H groups in total. The fourth-order valence-corrected chi connectivity index (χ4v) is 5.96. The first-order valence-corrected chi connectivity index (χ1v) is 12.3. The zero-order valence-corrected chi connectivity index (χ0v) is 20.2. The second kappa shape index (κ2) is 9.06. The summed E-state index contributed by atoms with van der Waals surface area (Å²) in [5, 5.41) is 4.40. The van der Waals surface area contributed by atoms with Crippen LogP contribution in [0.5, 0.6) is 0 Å². The summed E-state index contributed by atoms with van der Waals surface area (Å²) in [6, 6.07) is 10.6. The molecule has 30 heavy (non-hydrogen) atoms. The molecule has 0 saturated carbocycles. The maximum atomic E-state index is 13.9. The highest BCUT2D eigenvalue weighted by Crippen LogP contribution is 2.41. The fourth-order valence-electron chi connectivity index (χ4n) is 4.15. The third-order valence-electron chi connectivity index (χ3n) is 5.87. The molecule has 0 radical (unpaired) electrons. The van der Waals surface area contributed by atoms with Crippen molar-refractivity contribution in [3.05, 3.63) is 68.1 Å². The SMILES string of the molecule is CCn1cc(CN(C(=O)C2CCCc3sc(Br)cc32)c2ccc(C(C)C)cc2)cn1. The normalized spacial score (nSPS) is 16.0. The monoisotopic (exact) mass is 485 g/mol. The minimum absolute atomic E-state index is 0.0812. The Morgan fingerprint density at radius 2 is 2.10 bits per heavy atom. The van der Waals surface area contributed by atoms with Crippen LogP contribution >= 0.6 is 27.3 Å². The predicted molar refractivity (Wildman–Crippen MR) is 127 cm³/mol. The smallest absolute Gasteiger partial charge is 0.234 e. The summed E-state index contributed by atoms with van der Waals surface area (Å²) in [7, 11) is 0. The van der Waals surface area contributed by atoms with E-state index in [1.54, 1.807) is 11.3 Å². The third kappa shape index (κ3) is 4.40. The van der Waals surface area contributed by atoms with Crippen LogP contribution in [0, 0.1) is 0 Å². The summed E-state index contributed by atoms with van der Waals surface area (Å²) in [5.74, 6) is 0.570. The molecule has 0 bridgehead atoms. The lowest BCUT2D eigenvalue weighted by Gasteiger charge is -2.30. The number of hydrogen-bond donors (Lipinski definition) is 0. The van der Waals surface area contributed by atoms with Gasteiger partial charge in [0.05, 0.1) is 22.4 Å². The highest BCUT2D eigenvalue weighted by molar-refractivity contribution is 9.11. The van der Waals surface area contributed by atoms with Crippen LogP contribution in [-0.2, 0) is 24.3 Å². The Balaban J connectivity index is 1.68. The van der Waals surface area contributed by atoms with Crippen LogP contribution in [0.1, 0.15) is 67.0 Å². The van der Waals surface area contributed by atoms with Gasteiger partial charge in [-0.2, -0.15) is 5.10 Å². The van der Waals surface area contributed by atoms with Crippen LogP contribution in [0.15, 0.2) is 46.5 Å². The standard InChI is InChI=1S/C24H28BrN3OS/c1-4-27-14-17(13-26-27)15-28(19-10-8-18(9-11-19)16(2)3)24(29)20-6-5-7-22-21(20)12-23(25)30-22/h8-14,16,20H,4-7,15H2,1-3H3. The molecule has 6 heteroatoms. The van der Waals surface area contributed by atoms with Crippen molar-refractivity contribution in [1.29, 1.82) is 0 Å². The number of thiophene rings is 1. The van der Waals surface area contributed by atoms with E-state index < -0.39 is 0 Å². The second-order valence-electron chi connectivity index (χ2n) is 8.25. The van der Waals surface area contributed by atoms with Crippen molar-refractivity contribution in [3.8, 4) is 0 Å². The van der Waals surface area contributed by atoms with Gasteiger partial charge in [0, 0.05) is 28.9 Å². The number of aryl methyl sites for hydroxylation is 2. The van der Waals surface area contributed by atoms with Crippen LogP contribution in [-0.4, -0.2) is 15.7 Å². The highest BCUT2D eigenvalue weighted by atomic mass is 79.9. The first-order chi connectivity index (χ1) is 14.5. The lowest BCUT2D eigenvalue weighted by atomic mass is 9.86. The van der Waals surface area contributed by atoms with Gasteiger partial charge in [-0.25, -0.2) is 0 Å². The van der Waals surface area contributed by atoms with Gasteiger partial charge in [-0.3, -0.25) is 9.48 Å². The zero-order chi connectivity index (χ0) is 21.3. The lowest BCUT2D eigenvalue weighted by Crippen LogP contribution is -2.35. The summed E-state index contributed by atoms with van der Waals surface area (Å²) in [4.78, 5) is 17.2. The molecule has 2 aromatic heterocycles. The van der Waals surface area contributed by atoms with Crippen molar-refractivity contribution < 1.29 is 4.79 Å². The van der Waals surface area contributed by atoms with E-state index in [2.05, 4.69) is 72.1 Å². The summed E-state index contributed by atoms with van der Waals surface area (Å²) >= 11 is 5.39. The summed E-state index contributed by atoms with van der Waals surface area (Å²) in [6.07, 6.45) is 6.95. The molecule has 158 valence electrons. The molecular formula is C24H28BrN3OS. The summed E-state index contributed by atoms with van der Waals surface area (Å²) in [5.41, 5.74) is 4.50. The molecule has 4 nitrogen and oxygen atoms in total. The number of rotatable bonds is 6. The predicted octanol–water partition coefficient (Wildman–Crippen LogP) is 6.50. The molecule has 2 heterocycles. The van der Waals surface area contributed by atoms with Gasteiger partial charge < -0.3 is 4.90 Å². The Labute approximate surface area is 191 Å². The van der Waals surface area contributed by atoms with Crippen LogP contribution < -0.4 is 4.90 Å². The molecule has 1 unspecified atom stereocenters. The van der Waals surface area contributed by atoms with Gasteiger partial charge in [-0.15, -0.1) is 11.3 Å². The summed E-state index contributed by atoms with van der Waals surface area (Å²) in [6.45, 7) is 7.81. The van der Waals surface area contributed by atoms with Gasteiger partial charge >= 0.3 is 0 Å². The number of halogens is 1. The van der Waals surface area contributed by atoms with E-state index in [0.29, 0.717) is 12.5 Å². The quantitative estimate of drug-likeness (QED) is 0.399. The molecule has 1 amide bonds. The number of benzene rings is 1. The van der Waals surface area contributed by atoms with Crippen LogP contribution in [0.3, 0.4) is 0 Å². The average molecular weight is 486 g/mol. The zero-order valence-electron chi connectivity index (χ0n) is 17.8. The van der Waals surface area contributed by atoms with Gasteiger partial charge in [0.2, 0.25) is 5.91 Å². The van der Waals surface area contributed by atoms with Crippen molar-refractivity contribution >= 4 is 38.9 Å². The van der Waals surface area contributed by atoms with E-state index in [1.165, 1.54) is 16.0 Å². The van der Waals surface area contributed by atoms with E-state index in [-0.39, 0.29) is 11.8 Å². The average Bonchev–Trinajstić information content (AvgIpc) is 3.36. The molecule has 0 spiro atoms. The Morgan fingerprint density at radius 1 is 1.33 bits per heavy atom. The molecule has 4 rings (SSSR count). The Morgan fingerprint density at radius 3 is 2.77 bits per heavy atom. The number of anilines is 1. The maximum Gasteiger partial charge on any atom is 0.234 e. The van der Waals surface area contributed by atoms with Gasteiger partial charge in [-0.1, -0.05) is 26.0 Å². The molecule has 1 atom stereocenters. The van der Waals surface area contributed by atoms with Crippen LogP contribution in [0.25, 0.3) is 0 Å². The van der Waals surface area contributed by atoms with E-state index in [9.17, 15) is 4.79 Å². The minimum atomic E-state index is -0.0812. The number of carbonyl (C=O) groups is 1. The van der Waals surface area contributed by atoms with Crippen molar-refractivity contribution in [2.45, 2.75) is 65.0 Å². The summed E-state index contributed by atoms with van der Waals surface area (Å²) < 4.78 is 3.03. The number of amides is 1. The highest BCUT2D eigenvalue weighted by Gasteiger charge is 2.32. The van der Waals surface area contributed by atoms with E-state index >= 15 is 0 Å². The van der Waals surface area contributed by atoms with Gasteiger partial charge in [0.25, 0.3) is 0 Å². The van der Waals surface area contributed by atoms with Crippen molar-refractivity contribution in [2.75, 3.05) is 4.90 Å². The molecule has 3 aromatic rings. The maximum absolute atomic E-state index is 13.9. The Bertz CT molecular complexity index is 1020. The van der Waals surface area contributed by atoms with Crippen molar-refractivity contribution in [1.82, 2.24) is 9.78 Å². The Hall–Kier alpha value is -1.92. The molecule has 1 aliphatic rings. The number of hydrogen-bond acceptors (Lipinski definition) is 3. The lowest BCUT2D eigenvalue weighted by molar-refractivity contribution is -0.120. The minimum Gasteiger partial charge on any atom is -0.307 e. The molecule has 1 aliphatic carbocycles. The van der Waals surface area contributed by atoms with Crippen molar-refractivity contribution in [3.63, 3.8) is 0 Å². The Kier molecular flexibility index (Phi) is 6.44. The molecule has 1 aromatic carbocycles. The van der Waals surface area contributed by atoms with Crippen LogP contribution in [0.4, 0.5) is 5.69 Å². The number of nitrogens with zero attached hydrogens (tertiary/aromatic N) is 3. The van der Waals surface area contributed by atoms with Gasteiger partial charge in [0.15, 0.2) is 0 Å². The van der Waals surface area contributed by atoms with Crippen LogP contribution in [0.2, 0.25) is 0 Å². The molecular weight excluding hydrogens is 458 g/mol. The van der Waals surface area contributed by atoms with Gasteiger partial charge in [0.1, 0.15) is 0 Å². The largest absolute Gasteiger partial charge is 0.307 e. The van der Waals surface area contributed by atoms with E-state index in [1.807, 2.05) is 22.0 Å². The van der Waals surface area contributed by atoms with E-state index in [4.69, 9.17) is 0 Å². The number of aromatic nitrogens is 2.